The summed E-state index contributed by atoms with van der Waals surface area (Å²) in [6, 6.07) is 0. The average Bonchev–Trinajstić information content (AvgIpc) is 1.98. The Morgan fingerprint density at radius 2 is 1.11 bits per heavy atom. The summed E-state index contributed by atoms with van der Waals surface area (Å²) < 4.78 is 32.6. The molecule has 0 bridgehead atoms. The van der Waals surface area contributed by atoms with E-state index in [-0.39, 0.29) is 12.8 Å². The second-order valence-corrected chi connectivity index (χ2v) is 7.60. The molecule has 13 heteroatoms. The maximum Gasteiger partial charge on any atom is 0.469 e. The fraction of sp³-hybridized carbons (Fsp3) is 1.00. The molecule has 114 valence electrons. The Hall–Kier alpha value is 0.410. The van der Waals surface area contributed by atoms with Crippen LogP contribution in [0.25, 0.3) is 0 Å². The van der Waals surface area contributed by atoms with E-state index in [1.165, 1.54) is 13.8 Å². The Bertz CT molecular complexity index is 314. The van der Waals surface area contributed by atoms with Gasteiger partial charge in [0.1, 0.15) is 0 Å². The third-order valence-corrected chi connectivity index (χ3v) is 2.13. The van der Waals surface area contributed by atoms with Gasteiger partial charge in [-0.2, -0.15) is 0 Å². The van der Waals surface area contributed by atoms with Crippen molar-refractivity contribution in [3.63, 3.8) is 0 Å². The van der Waals surface area contributed by atoms with Crippen LogP contribution in [0.2, 0.25) is 0 Å². The maximum absolute atomic E-state index is 9.70. The SMILES string of the molecule is CCOP(=O)(O)O.CCP(=O)(O)O.CP(=O)(O)O. The fourth-order valence-corrected chi connectivity index (χ4v) is 0.505. The monoisotopic (exact) mass is 332 g/mol. The normalized spacial score (nSPS) is 11.8. The van der Waals surface area contributed by atoms with E-state index in [1.807, 2.05) is 0 Å². The molecule has 0 amide bonds. The summed E-state index contributed by atoms with van der Waals surface area (Å²) in [7, 11) is -11.5. The first-order valence-corrected chi connectivity index (χ1v) is 9.78. The second kappa shape index (κ2) is 10.2. The van der Waals surface area contributed by atoms with Gasteiger partial charge in [0.25, 0.3) is 0 Å². The van der Waals surface area contributed by atoms with Gasteiger partial charge in [-0.05, 0) is 6.92 Å². The van der Waals surface area contributed by atoms with E-state index in [9.17, 15) is 13.7 Å². The molecule has 0 aromatic rings. The van der Waals surface area contributed by atoms with Crippen LogP contribution in [0.4, 0.5) is 0 Å². The van der Waals surface area contributed by atoms with E-state index < -0.39 is 23.0 Å². The van der Waals surface area contributed by atoms with E-state index in [2.05, 4.69) is 4.52 Å². The molecule has 0 spiro atoms. The van der Waals surface area contributed by atoms with Crippen LogP contribution < -0.4 is 0 Å². The standard InChI is InChI=1S/C2H7O4P.C2H7O3P.CH5O3P/c1-2-6-7(3,4)5;1-2-6(3,4)5;1-5(2,3)4/h2H2,1H3,(H2,3,4,5);2H2,1H3,(H2,3,4,5);1H3,(H2,2,3,4). The topological polar surface area (TPSA) is 182 Å². The molecule has 0 heterocycles. The van der Waals surface area contributed by atoms with Crippen LogP contribution in [-0.4, -0.2) is 48.8 Å². The summed E-state index contributed by atoms with van der Waals surface area (Å²) in [5, 5.41) is 0. The summed E-state index contributed by atoms with van der Waals surface area (Å²) in [5.41, 5.74) is 0. The number of phosphoric acid groups is 1. The highest BCUT2D eigenvalue weighted by Gasteiger charge is 2.10. The van der Waals surface area contributed by atoms with Gasteiger partial charge in [-0.25, -0.2) is 4.57 Å². The zero-order valence-electron chi connectivity index (χ0n) is 10.1. The number of phosphoric ester groups is 1. The van der Waals surface area contributed by atoms with Crippen molar-refractivity contribution in [2.24, 2.45) is 0 Å². The largest absolute Gasteiger partial charge is 0.469 e. The molecular formula is C5H19O10P3. The van der Waals surface area contributed by atoms with Crippen molar-refractivity contribution in [2.75, 3.05) is 19.4 Å². The smallest absolute Gasteiger partial charge is 0.325 e. The van der Waals surface area contributed by atoms with Crippen LogP contribution in [0, 0.1) is 0 Å². The Morgan fingerprint density at radius 3 is 1.11 bits per heavy atom. The molecule has 0 saturated heterocycles. The van der Waals surface area contributed by atoms with Crippen LogP contribution >= 0.6 is 23.0 Å². The minimum Gasteiger partial charge on any atom is -0.325 e. The molecule has 0 fully saturated rings. The van der Waals surface area contributed by atoms with Gasteiger partial charge in [-0.3, -0.25) is 13.7 Å². The molecule has 0 rings (SSSR count). The lowest BCUT2D eigenvalue weighted by Gasteiger charge is -1.98. The highest BCUT2D eigenvalue weighted by molar-refractivity contribution is 7.51. The van der Waals surface area contributed by atoms with Crippen LogP contribution in [-0.2, 0) is 18.2 Å². The molecule has 0 aliphatic rings. The van der Waals surface area contributed by atoms with E-state index >= 15 is 0 Å². The predicted molar refractivity (Wildman–Crippen MR) is 64.2 cm³/mol. The number of hydrogen-bond acceptors (Lipinski definition) is 4. The summed E-state index contributed by atoms with van der Waals surface area (Å²) in [5.74, 6) is 0. The zero-order valence-corrected chi connectivity index (χ0v) is 12.8. The quantitative estimate of drug-likeness (QED) is 0.387. The Morgan fingerprint density at radius 1 is 0.889 bits per heavy atom. The van der Waals surface area contributed by atoms with E-state index in [4.69, 9.17) is 29.4 Å². The van der Waals surface area contributed by atoms with Crippen molar-refractivity contribution in [1.29, 1.82) is 0 Å². The van der Waals surface area contributed by atoms with E-state index in [1.54, 1.807) is 0 Å². The zero-order chi connectivity index (χ0) is 15.6. The summed E-state index contributed by atoms with van der Waals surface area (Å²) in [6.45, 7) is 3.86. The van der Waals surface area contributed by atoms with Gasteiger partial charge in [-0.15, -0.1) is 0 Å². The van der Waals surface area contributed by atoms with Gasteiger partial charge in [0.2, 0.25) is 0 Å². The lowest BCUT2D eigenvalue weighted by atomic mass is 10.9. The molecule has 0 aromatic heterocycles. The molecule has 6 N–H and O–H groups in total. The summed E-state index contributed by atoms with van der Waals surface area (Å²) >= 11 is 0. The van der Waals surface area contributed by atoms with Gasteiger partial charge < -0.3 is 29.4 Å². The molecule has 0 aliphatic carbocycles. The second-order valence-electron chi connectivity index (χ2n) is 2.72. The third kappa shape index (κ3) is 71.0. The predicted octanol–water partition coefficient (Wildman–Crippen LogP) is 0.0935. The first kappa shape index (κ1) is 23.5. The highest BCUT2D eigenvalue weighted by atomic mass is 31.2. The molecule has 10 nitrogen and oxygen atoms in total. The first-order valence-electron chi connectivity index (χ1n) is 4.40. The maximum atomic E-state index is 9.70. The van der Waals surface area contributed by atoms with E-state index in [0.29, 0.717) is 0 Å². The third-order valence-electron chi connectivity index (χ3n) is 0.709. The molecule has 0 aromatic carbocycles. The van der Waals surface area contributed by atoms with Crippen LogP contribution in [0.15, 0.2) is 0 Å². The van der Waals surface area contributed by atoms with Crippen LogP contribution in [0.3, 0.4) is 0 Å². The van der Waals surface area contributed by atoms with E-state index in [0.717, 1.165) is 6.66 Å². The first-order chi connectivity index (χ1) is 7.62. The average molecular weight is 332 g/mol. The van der Waals surface area contributed by atoms with Crippen molar-refractivity contribution < 1.29 is 47.6 Å². The van der Waals surface area contributed by atoms with Crippen molar-refractivity contribution in [3.8, 4) is 0 Å². The molecular weight excluding hydrogens is 313 g/mol. The fourth-order valence-electron chi connectivity index (χ4n) is 0.168. The van der Waals surface area contributed by atoms with Gasteiger partial charge in [-0.1, -0.05) is 6.92 Å². The van der Waals surface area contributed by atoms with Crippen molar-refractivity contribution in [3.05, 3.63) is 0 Å². The Kier molecular flexibility index (Phi) is 13.4. The molecule has 0 radical (unpaired) electrons. The number of rotatable bonds is 3. The Balaban J connectivity index is -0.000000190. The lowest BCUT2D eigenvalue weighted by molar-refractivity contribution is 0.206. The molecule has 0 atom stereocenters. The number of hydrogen-bond donors (Lipinski definition) is 6. The van der Waals surface area contributed by atoms with Gasteiger partial charge in [0, 0.05) is 12.8 Å². The summed E-state index contributed by atoms with van der Waals surface area (Å²) in [6.07, 6.45) is -0.0625. The molecule has 0 saturated carbocycles. The van der Waals surface area contributed by atoms with Crippen molar-refractivity contribution in [1.82, 2.24) is 0 Å². The van der Waals surface area contributed by atoms with Gasteiger partial charge >= 0.3 is 23.0 Å². The van der Waals surface area contributed by atoms with Crippen LogP contribution in [0.5, 0.6) is 0 Å². The summed E-state index contributed by atoms with van der Waals surface area (Å²) in [4.78, 5) is 47.0. The van der Waals surface area contributed by atoms with Crippen molar-refractivity contribution in [2.45, 2.75) is 13.8 Å². The highest BCUT2D eigenvalue weighted by Crippen LogP contribution is 2.35. The molecule has 0 aliphatic heterocycles. The lowest BCUT2D eigenvalue weighted by Crippen LogP contribution is -1.84. The molecule has 18 heavy (non-hydrogen) atoms. The van der Waals surface area contributed by atoms with Gasteiger partial charge in [0.15, 0.2) is 0 Å². The van der Waals surface area contributed by atoms with Crippen molar-refractivity contribution >= 4 is 23.0 Å². The minimum absolute atomic E-state index is 0.0459. The van der Waals surface area contributed by atoms with Gasteiger partial charge in [0.05, 0.1) is 6.61 Å². The Labute approximate surface area is 105 Å². The molecule has 0 unspecified atom stereocenters. The minimum atomic E-state index is -4.17. The van der Waals surface area contributed by atoms with Crippen LogP contribution in [0.1, 0.15) is 13.8 Å².